The zero-order chi connectivity index (χ0) is 10.9. The average Bonchev–Trinajstić information content (AvgIpc) is 2.02. The summed E-state index contributed by atoms with van der Waals surface area (Å²) in [7, 11) is 0. The van der Waals surface area contributed by atoms with Gasteiger partial charge in [0.05, 0.1) is 0 Å². The van der Waals surface area contributed by atoms with Crippen LogP contribution in [0.2, 0.25) is 0 Å². The normalized spacial score (nSPS) is 10.6. The summed E-state index contributed by atoms with van der Waals surface area (Å²) in [6.07, 6.45) is 0. The van der Waals surface area contributed by atoms with Crippen molar-refractivity contribution in [1.82, 2.24) is 0 Å². The first-order chi connectivity index (χ1) is 6.43. The molecule has 1 nitrogen and oxygen atoms in total. The van der Waals surface area contributed by atoms with Crippen molar-refractivity contribution in [3.05, 3.63) is 35.4 Å². The molecule has 0 unspecified atom stereocenters. The molecule has 0 radical (unpaired) electrons. The fourth-order valence-electron chi connectivity index (χ4n) is 1.63. The van der Waals surface area contributed by atoms with Gasteiger partial charge in [0.15, 0.2) is 0 Å². The third-order valence-electron chi connectivity index (χ3n) is 2.46. The summed E-state index contributed by atoms with van der Waals surface area (Å²) in [5, 5.41) is 9.74. The third-order valence-corrected chi connectivity index (χ3v) is 2.46. The van der Waals surface area contributed by atoms with Crippen molar-refractivity contribution < 1.29 is 5.11 Å². The number of benzene rings is 1. The van der Waals surface area contributed by atoms with Gasteiger partial charge in [0.1, 0.15) is 5.75 Å². The van der Waals surface area contributed by atoms with Crippen LogP contribution in [0.1, 0.15) is 43.4 Å². The fourth-order valence-corrected chi connectivity index (χ4v) is 1.63. The average molecular weight is 190 g/mol. The molecule has 0 spiro atoms. The molecule has 0 aliphatic rings. The Balaban J connectivity index is 3.34. The molecule has 76 valence electrons. The Morgan fingerprint density at radius 2 is 1.93 bits per heavy atom. The highest BCUT2D eigenvalue weighted by molar-refractivity contribution is 5.66. The van der Waals surface area contributed by atoms with Crippen molar-refractivity contribution in [2.75, 3.05) is 0 Å². The molecular formula is C13H18O. The predicted octanol–water partition coefficient (Wildman–Crippen LogP) is 3.86. The van der Waals surface area contributed by atoms with E-state index in [9.17, 15) is 5.11 Å². The Morgan fingerprint density at radius 1 is 1.36 bits per heavy atom. The lowest BCUT2D eigenvalue weighted by atomic mass is 9.94. The summed E-state index contributed by atoms with van der Waals surface area (Å²) in [5.74, 6) is 0.733. The molecule has 1 heteroatoms. The highest BCUT2D eigenvalue weighted by Gasteiger charge is 2.09. The highest BCUT2D eigenvalue weighted by atomic mass is 16.3. The van der Waals surface area contributed by atoms with Crippen LogP contribution in [-0.2, 0) is 0 Å². The molecular weight excluding hydrogens is 172 g/mol. The fraction of sp³-hybridized carbons (Fsp3) is 0.385. The third kappa shape index (κ3) is 1.98. The molecule has 0 fully saturated rings. The lowest BCUT2D eigenvalue weighted by Gasteiger charge is -2.13. The molecule has 0 aliphatic carbocycles. The highest BCUT2D eigenvalue weighted by Crippen LogP contribution is 2.30. The van der Waals surface area contributed by atoms with Gasteiger partial charge < -0.3 is 5.11 Å². The van der Waals surface area contributed by atoms with Crippen LogP contribution in [0.5, 0.6) is 5.75 Å². The molecule has 0 aliphatic heterocycles. The summed E-state index contributed by atoms with van der Waals surface area (Å²) in [6.45, 7) is 12.1. The molecule has 1 rings (SSSR count). The maximum atomic E-state index is 9.74. The topological polar surface area (TPSA) is 20.2 Å². The number of hydrogen-bond donors (Lipinski definition) is 1. The van der Waals surface area contributed by atoms with E-state index < -0.39 is 0 Å². The number of phenols is 1. The molecule has 0 amide bonds. The molecule has 14 heavy (non-hydrogen) atoms. The molecule has 0 aromatic heterocycles. The van der Waals surface area contributed by atoms with E-state index in [-0.39, 0.29) is 0 Å². The van der Waals surface area contributed by atoms with Gasteiger partial charge in [0, 0.05) is 0 Å². The number of rotatable bonds is 2. The van der Waals surface area contributed by atoms with Gasteiger partial charge in [0.25, 0.3) is 0 Å². The van der Waals surface area contributed by atoms with E-state index in [1.165, 1.54) is 0 Å². The van der Waals surface area contributed by atoms with Crippen molar-refractivity contribution >= 4 is 5.57 Å². The van der Waals surface area contributed by atoms with Crippen molar-refractivity contribution in [1.29, 1.82) is 0 Å². The van der Waals surface area contributed by atoms with Gasteiger partial charge in [0.2, 0.25) is 0 Å². The van der Waals surface area contributed by atoms with Crippen LogP contribution < -0.4 is 0 Å². The van der Waals surface area contributed by atoms with Crippen LogP contribution in [0.25, 0.3) is 5.57 Å². The monoisotopic (exact) mass is 190 g/mol. The minimum atomic E-state index is 0.341. The lowest BCUT2D eigenvalue weighted by molar-refractivity contribution is 0.464. The Labute approximate surface area is 86.1 Å². The molecule has 0 saturated heterocycles. The van der Waals surface area contributed by atoms with E-state index >= 15 is 0 Å². The molecule has 1 N–H and O–H groups in total. The number of aryl methyl sites for hydroxylation is 1. The summed E-state index contributed by atoms with van der Waals surface area (Å²) >= 11 is 0. The first-order valence-electron chi connectivity index (χ1n) is 4.93. The molecule has 0 atom stereocenters. The molecule has 1 aromatic rings. The van der Waals surface area contributed by atoms with Gasteiger partial charge in [-0.05, 0) is 48.6 Å². The smallest absolute Gasteiger partial charge is 0.119 e. The summed E-state index contributed by atoms with van der Waals surface area (Å²) in [6, 6.07) is 3.86. The van der Waals surface area contributed by atoms with Crippen LogP contribution in [0.3, 0.4) is 0 Å². The van der Waals surface area contributed by atoms with Crippen molar-refractivity contribution in [2.24, 2.45) is 0 Å². The Kier molecular flexibility index (Phi) is 3.00. The van der Waals surface area contributed by atoms with Gasteiger partial charge in [-0.3, -0.25) is 0 Å². The van der Waals surface area contributed by atoms with Crippen molar-refractivity contribution in [3.8, 4) is 5.75 Å². The maximum Gasteiger partial charge on any atom is 0.119 e. The van der Waals surface area contributed by atoms with E-state index in [0.29, 0.717) is 11.7 Å². The summed E-state index contributed by atoms with van der Waals surface area (Å²) < 4.78 is 0. The van der Waals surface area contributed by atoms with E-state index in [4.69, 9.17) is 0 Å². The van der Waals surface area contributed by atoms with Gasteiger partial charge in [-0.1, -0.05) is 26.0 Å². The van der Waals surface area contributed by atoms with Crippen molar-refractivity contribution in [2.45, 2.75) is 33.6 Å². The minimum absolute atomic E-state index is 0.341. The predicted molar refractivity (Wildman–Crippen MR) is 61.6 cm³/mol. The van der Waals surface area contributed by atoms with E-state index in [2.05, 4.69) is 20.4 Å². The molecule has 0 saturated carbocycles. The Hall–Kier alpha value is -1.24. The van der Waals surface area contributed by atoms with Gasteiger partial charge in [-0.25, -0.2) is 0 Å². The number of allylic oxidation sites excluding steroid dienone is 1. The van der Waals surface area contributed by atoms with Crippen molar-refractivity contribution in [3.63, 3.8) is 0 Å². The van der Waals surface area contributed by atoms with Gasteiger partial charge in [-0.2, -0.15) is 0 Å². The Bertz CT molecular complexity index is 362. The lowest BCUT2D eigenvalue weighted by Crippen LogP contribution is -1.93. The standard InChI is InChI=1S/C13H18O/c1-8(2)11-7-12(9(3)4)13(14)6-10(11)5/h6-7,9,14H,1H2,2-5H3. The first kappa shape index (κ1) is 10.8. The minimum Gasteiger partial charge on any atom is -0.508 e. The largest absolute Gasteiger partial charge is 0.508 e. The van der Waals surface area contributed by atoms with Gasteiger partial charge >= 0.3 is 0 Å². The number of phenolic OH excluding ortho intramolecular Hbond substituents is 1. The first-order valence-corrected chi connectivity index (χ1v) is 4.93. The van der Waals surface area contributed by atoms with Crippen LogP contribution in [-0.4, -0.2) is 5.11 Å². The maximum absolute atomic E-state index is 9.74. The second-order valence-corrected chi connectivity index (χ2v) is 4.16. The van der Waals surface area contributed by atoms with Crippen LogP contribution in [0.15, 0.2) is 18.7 Å². The molecule has 0 bridgehead atoms. The zero-order valence-electron chi connectivity index (χ0n) is 9.39. The summed E-state index contributed by atoms with van der Waals surface area (Å²) in [5.41, 5.74) is 4.27. The second kappa shape index (κ2) is 3.87. The van der Waals surface area contributed by atoms with Crippen LogP contribution in [0, 0.1) is 6.92 Å². The molecule has 0 heterocycles. The summed E-state index contributed by atoms with van der Waals surface area (Å²) in [4.78, 5) is 0. The SMILES string of the molecule is C=C(C)c1cc(C(C)C)c(O)cc1C. The molecule has 1 aromatic carbocycles. The van der Waals surface area contributed by atoms with E-state index in [1.807, 2.05) is 26.0 Å². The number of hydrogen-bond acceptors (Lipinski definition) is 1. The van der Waals surface area contributed by atoms with Crippen LogP contribution in [0.4, 0.5) is 0 Å². The zero-order valence-corrected chi connectivity index (χ0v) is 9.39. The van der Waals surface area contributed by atoms with Crippen LogP contribution >= 0.6 is 0 Å². The van der Waals surface area contributed by atoms with E-state index in [0.717, 1.165) is 22.3 Å². The second-order valence-electron chi connectivity index (χ2n) is 4.16. The number of aromatic hydroxyl groups is 1. The van der Waals surface area contributed by atoms with E-state index in [1.54, 1.807) is 0 Å². The van der Waals surface area contributed by atoms with Gasteiger partial charge in [-0.15, -0.1) is 0 Å². The Morgan fingerprint density at radius 3 is 2.36 bits per heavy atom. The quantitative estimate of drug-likeness (QED) is 0.750.